The quantitative estimate of drug-likeness (QED) is 0.602. The molecule has 31 heavy (non-hydrogen) atoms. The van der Waals surface area contributed by atoms with Crippen molar-refractivity contribution in [3.05, 3.63) is 70.3 Å². The number of amides is 1. The van der Waals surface area contributed by atoms with Gasteiger partial charge in [0.15, 0.2) is 21.4 Å². The number of carbonyl (C=O) groups excluding carboxylic acids is 3. The zero-order chi connectivity index (χ0) is 22.2. The van der Waals surface area contributed by atoms with Crippen LogP contribution in [0.25, 0.3) is 0 Å². The first-order valence-electron chi connectivity index (χ1n) is 10.2. The van der Waals surface area contributed by atoms with Crippen LogP contribution in [0.2, 0.25) is 0 Å². The highest BCUT2D eigenvalue weighted by molar-refractivity contribution is 7.92. The number of rotatable bonds is 5. The van der Waals surface area contributed by atoms with E-state index in [9.17, 15) is 22.8 Å². The van der Waals surface area contributed by atoms with Gasteiger partial charge in [-0.05, 0) is 31.0 Å². The Balaban J connectivity index is 1.51. The molecule has 4 rings (SSSR count). The van der Waals surface area contributed by atoms with Gasteiger partial charge in [0.25, 0.3) is 5.91 Å². The molecule has 0 saturated carbocycles. The van der Waals surface area contributed by atoms with Gasteiger partial charge >= 0.3 is 0 Å². The molecule has 2 aromatic rings. The van der Waals surface area contributed by atoms with E-state index in [1.165, 1.54) is 19.2 Å². The topological polar surface area (TPSA) is 97.8 Å². The van der Waals surface area contributed by atoms with Crippen molar-refractivity contribution in [3.8, 4) is 0 Å². The highest BCUT2D eigenvalue weighted by atomic mass is 32.2. The Morgan fingerprint density at radius 1 is 0.968 bits per heavy atom. The van der Waals surface area contributed by atoms with Gasteiger partial charge in [-0.2, -0.15) is 0 Å². The summed E-state index contributed by atoms with van der Waals surface area (Å²) in [6.45, 7) is 0.803. The second-order valence-corrected chi connectivity index (χ2v) is 10.2. The fourth-order valence-electron chi connectivity index (χ4n) is 4.20. The van der Waals surface area contributed by atoms with E-state index in [0.29, 0.717) is 48.2 Å². The number of fused-ring (bicyclic) bond motifs is 2. The number of hydrogen-bond acceptors (Lipinski definition) is 6. The second-order valence-electron chi connectivity index (χ2n) is 7.82. The maximum atomic E-state index is 13.0. The molecule has 1 aliphatic carbocycles. The predicted molar refractivity (Wildman–Crippen MR) is 114 cm³/mol. The Morgan fingerprint density at radius 2 is 1.55 bits per heavy atom. The molecule has 0 radical (unpaired) electrons. The lowest BCUT2D eigenvalue weighted by Crippen LogP contribution is -2.43. The Morgan fingerprint density at radius 3 is 2.16 bits per heavy atom. The number of piperidine rings is 1. The first-order valence-corrected chi connectivity index (χ1v) is 11.9. The molecule has 162 valence electrons. The summed E-state index contributed by atoms with van der Waals surface area (Å²) >= 11 is 0. The van der Waals surface area contributed by atoms with Crippen molar-refractivity contribution in [2.24, 2.45) is 0 Å². The summed E-state index contributed by atoms with van der Waals surface area (Å²) in [5, 5.41) is -0.481. The molecule has 0 N–H and O–H groups in total. The van der Waals surface area contributed by atoms with E-state index in [1.54, 1.807) is 35.2 Å². The average Bonchev–Trinajstić information content (AvgIpc) is 2.80. The number of carbonyl (C=O) groups is 3. The molecule has 0 atom stereocenters. The van der Waals surface area contributed by atoms with Crippen LogP contribution in [0.15, 0.2) is 42.5 Å². The van der Waals surface area contributed by atoms with Crippen molar-refractivity contribution in [1.29, 1.82) is 0 Å². The molecular formula is C23H23NO6S. The Bertz CT molecular complexity index is 1160. The number of methoxy groups -OCH3 is 1. The van der Waals surface area contributed by atoms with Crippen molar-refractivity contribution in [1.82, 2.24) is 4.90 Å². The maximum absolute atomic E-state index is 13.0. The number of sulfone groups is 1. The number of ketones is 2. The molecule has 0 bridgehead atoms. The van der Waals surface area contributed by atoms with E-state index >= 15 is 0 Å². The summed E-state index contributed by atoms with van der Waals surface area (Å²) in [5.74, 6) is -0.798. The molecule has 0 spiro atoms. The highest BCUT2D eigenvalue weighted by Gasteiger charge is 2.33. The molecule has 7 nitrogen and oxygen atoms in total. The number of hydrogen-bond donors (Lipinski definition) is 0. The number of likely N-dealkylation sites (tertiary alicyclic amines) is 1. The van der Waals surface area contributed by atoms with Crippen LogP contribution in [0.4, 0.5) is 0 Å². The van der Waals surface area contributed by atoms with E-state index < -0.39 is 15.1 Å². The van der Waals surface area contributed by atoms with E-state index in [1.807, 2.05) is 0 Å². The molecule has 1 fully saturated rings. The fourth-order valence-corrected chi connectivity index (χ4v) is 5.86. The van der Waals surface area contributed by atoms with Crippen molar-refractivity contribution in [3.63, 3.8) is 0 Å². The zero-order valence-electron chi connectivity index (χ0n) is 17.2. The van der Waals surface area contributed by atoms with Gasteiger partial charge in [-0.25, -0.2) is 8.42 Å². The number of benzene rings is 2. The lowest BCUT2D eigenvalue weighted by molar-refractivity contribution is 0.0725. The van der Waals surface area contributed by atoms with Crippen LogP contribution in [-0.4, -0.2) is 68.6 Å². The Kier molecular flexibility index (Phi) is 5.77. The average molecular weight is 442 g/mol. The lowest BCUT2D eigenvalue weighted by atomic mass is 9.83. The van der Waals surface area contributed by atoms with Gasteiger partial charge < -0.3 is 9.64 Å². The fraction of sp³-hybridized carbons (Fsp3) is 0.348. The largest absolute Gasteiger partial charge is 0.384 e. The minimum absolute atomic E-state index is 0.0233. The maximum Gasteiger partial charge on any atom is 0.253 e. The molecule has 8 heteroatoms. The number of nitrogens with zero attached hydrogens (tertiary/aromatic N) is 1. The van der Waals surface area contributed by atoms with Gasteiger partial charge in [0, 0.05) is 48.0 Å². The Hall–Kier alpha value is -2.84. The molecule has 0 aromatic heterocycles. The summed E-state index contributed by atoms with van der Waals surface area (Å²) in [4.78, 5) is 40.2. The van der Waals surface area contributed by atoms with Crippen LogP contribution in [0, 0.1) is 0 Å². The van der Waals surface area contributed by atoms with E-state index in [4.69, 9.17) is 4.74 Å². The summed E-state index contributed by atoms with van der Waals surface area (Å²) in [6.07, 6.45) is 0.737. The van der Waals surface area contributed by atoms with Crippen LogP contribution in [-0.2, 0) is 14.6 Å². The molecule has 0 unspecified atom stereocenters. The zero-order valence-corrected chi connectivity index (χ0v) is 18.0. The molecule has 1 saturated heterocycles. The van der Waals surface area contributed by atoms with Gasteiger partial charge in [0.1, 0.15) is 0 Å². The van der Waals surface area contributed by atoms with Gasteiger partial charge in [0.2, 0.25) is 0 Å². The summed E-state index contributed by atoms with van der Waals surface area (Å²) < 4.78 is 29.6. The van der Waals surface area contributed by atoms with Gasteiger partial charge in [-0.3, -0.25) is 14.4 Å². The number of ether oxygens (including phenoxy) is 1. The van der Waals surface area contributed by atoms with Crippen LogP contribution in [0.1, 0.15) is 55.0 Å². The molecule has 1 amide bonds. The van der Waals surface area contributed by atoms with Crippen molar-refractivity contribution in [2.75, 3.05) is 32.6 Å². The first kappa shape index (κ1) is 21.4. The third-order valence-electron chi connectivity index (χ3n) is 5.98. The SMILES string of the molecule is COCCS(=O)(=O)C1CCN(C(=O)c2ccc3c(c2)C(=O)c2ccccc2C3=O)CC1. The summed E-state index contributed by atoms with van der Waals surface area (Å²) in [7, 11) is -1.79. The molecule has 1 aliphatic heterocycles. The summed E-state index contributed by atoms with van der Waals surface area (Å²) in [5.41, 5.74) is 1.55. The van der Waals surface area contributed by atoms with Crippen molar-refractivity contribution < 1.29 is 27.5 Å². The van der Waals surface area contributed by atoms with E-state index in [-0.39, 0.29) is 35.4 Å². The van der Waals surface area contributed by atoms with Crippen LogP contribution < -0.4 is 0 Å². The summed E-state index contributed by atoms with van der Waals surface area (Å²) in [6, 6.07) is 11.2. The molecular weight excluding hydrogens is 418 g/mol. The Labute approximate surface area is 180 Å². The monoisotopic (exact) mass is 441 g/mol. The van der Waals surface area contributed by atoms with Gasteiger partial charge in [-0.1, -0.05) is 24.3 Å². The lowest BCUT2D eigenvalue weighted by Gasteiger charge is -2.32. The predicted octanol–water partition coefficient (Wildman–Crippen LogP) is 2.13. The minimum atomic E-state index is -3.26. The molecule has 2 aromatic carbocycles. The van der Waals surface area contributed by atoms with Crippen molar-refractivity contribution in [2.45, 2.75) is 18.1 Å². The van der Waals surface area contributed by atoms with Crippen molar-refractivity contribution >= 4 is 27.3 Å². The highest BCUT2D eigenvalue weighted by Crippen LogP contribution is 2.29. The third-order valence-corrected chi connectivity index (χ3v) is 8.20. The van der Waals surface area contributed by atoms with Crippen LogP contribution in [0.3, 0.4) is 0 Å². The normalized spacial score (nSPS) is 16.7. The van der Waals surface area contributed by atoms with Crippen LogP contribution in [0.5, 0.6) is 0 Å². The minimum Gasteiger partial charge on any atom is -0.384 e. The third kappa shape index (κ3) is 3.93. The van der Waals surface area contributed by atoms with Gasteiger partial charge in [0.05, 0.1) is 17.6 Å². The second kappa shape index (κ2) is 8.36. The molecule has 2 aliphatic rings. The standard InChI is InChI=1S/C23H23NO6S/c1-30-12-13-31(28,29)16-8-10-24(11-9-16)23(27)15-6-7-19-20(14-15)22(26)18-5-3-2-4-17(18)21(19)25/h2-7,14,16H,8-13H2,1H3. The van der Waals surface area contributed by atoms with E-state index in [0.717, 1.165) is 0 Å². The van der Waals surface area contributed by atoms with E-state index in [2.05, 4.69) is 0 Å². The van der Waals surface area contributed by atoms with Crippen LogP contribution >= 0.6 is 0 Å². The smallest absolute Gasteiger partial charge is 0.253 e. The first-order chi connectivity index (χ1) is 14.8. The molecule has 1 heterocycles. The van der Waals surface area contributed by atoms with Gasteiger partial charge in [-0.15, -0.1) is 0 Å².